The van der Waals surface area contributed by atoms with Crippen molar-refractivity contribution >= 4 is 50.2 Å². The van der Waals surface area contributed by atoms with E-state index >= 15 is 0 Å². The van der Waals surface area contributed by atoms with E-state index in [9.17, 15) is 14.4 Å². The van der Waals surface area contributed by atoms with Gasteiger partial charge in [-0.15, -0.1) is 0 Å². The van der Waals surface area contributed by atoms with E-state index < -0.39 is 5.97 Å². The van der Waals surface area contributed by atoms with Gasteiger partial charge >= 0.3 is 5.97 Å². The second kappa shape index (κ2) is 9.44. The van der Waals surface area contributed by atoms with Crippen molar-refractivity contribution in [2.75, 3.05) is 18.5 Å². The number of aromatic nitrogens is 1. The Morgan fingerprint density at radius 3 is 2.58 bits per heavy atom. The number of halogens is 1. The fraction of sp³-hybridized carbons (Fsp3) is 0.294. The Hall–Kier alpha value is -2.26. The van der Waals surface area contributed by atoms with Crippen LogP contribution in [0.15, 0.2) is 28.7 Å². The molecule has 0 unspecified atom stereocenters. The summed E-state index contributed by atoms with van der Waals surface area (Å²) in [6.07, 6.45) is 0.0929. The second-order valence-electron chi connectivity index (χ2n) is 5.21. The van der Waals surface area contributed by atoms with Gasteiger partial charge in [-0.2, -0.15) is 0 Å². The van der Waals surface area contributed by atoms with E-state index in [1.54, 1.807) is 38.1 Å². The summed E-state index contributed by atoms with van der Waals surface area (Å²) in [6.45, 7) is 3.86. The number of nitrogens with one attached hydrogen (secondary N) is 2. The molecule has 1 heterocycles. The van der Waals surface area contributed by atoms with Crippen molar-refractivity contribution in [2.45, 2.75) is 20.3 Å². The van der Waals surface area contributed by atoms with Gasteiger partial charge in [0.05, 0.1) is 12.3 Å². The van der Waals surface area contributed by atoms with Crippen LogP contribution in [0, 0.1) is 6.92 Å². The molecule has 2 aromatic rings. The van der Waals surface area contributed by atoms with E-state index in [4.69, 9.17) is 4.74 Å². The van der Waals surface area contributed by atoms with Gasteiger partial charge in [0, 0.05) is 23.0 Å². The lowest BCUT2D eigenvalue weighted by Crippen LogP contribution is -2.27. The maximum absolute atomic E-state index is 12.0. The molecule has 0 fully saturated rings. The highest BCUT2D eigenvalue weighted by atomic mass is 79.9. The normalized spacial score (nSPS) is 10.3. The highest BCUT2D eigenvalue weighted by Crippen LogP contribution is 2.23. The average molecular weight is 440 g/mol. The molecule has 0 aliphatic heterocycles. The molecule has 0 atom stereocenters. The minimum Gasteiger partial charge on any atom is -0.462 e. The molecular formula is C17H18BrN3O4S. The Bertz CT molecular complexity index is 805. The van der Waals surface area contributed by atoms with Gasteiger partial charge < -0.3 is 15.4 Å². The number of rotatable bonds is 7. The number of aryl methyl sites for hydroxylation is 1. The minimum absolute atomic E-state index is 0.0929. The molecule has 1 aromatic heterocycles. The number of carbonyl (C=O) groups is 3. The van der Waals surface area contributed by atoms with Crippen LogP contribution >= 0.6 is 27.3 Å². The molecule has 7 nitrogen and oxygen atoms in total. The summed E-state index contributed by atoms with van der Waals surface area (Å²) in [5.41, 5.74) is 1.02. The van der Waals surface area contributed by atoms with Crippen molar-refractivity contribution in [1.29, 1.82) is 0 Å². The molecule has 2 rings (SSSR count). The number of hydrogen-bond donors (Lipinski definition) is 2. The molecular weight excluding hydrogens is 422 g/mol. The largest absolute Gasteiger partial charge is 0.462 e. The van der Waals surface area contributed by atoms with Crippen molar-refractivity contribution in [2.24, 2.45) is 0 Å². The Morgan fingerprint density at radius 1 is 1.23 bits per heavy atom. The standard InChI is InChI=1S/C17H18BrN3O4S/c1-3-25-16(24)14-10(2)20-17(26-14)21-13(22)8-9-19-15(23)11-4-6-12(18)7-5-11/h4-7H,3,8-9H2,1-2H3,(H,19,23)(H,20,21,22). The predicted octanol–water partition coefficient (Wildman–Crippen LogP) is 3.15. The van der Waals surface area contributed by atoms with Crippen LogP contribution in [0.25, 0.3) is 0 Å². The van der Waals surface area contributed by atoms with Crippen LogP contribution in [0.5, 0.6) is 0 Å². The lowest BCUT2D eigenvalue weighted by molar-refractivity contribution is -0.116. The van der Waals surface area contributed by atoms with Crippen molar-refractivity contribution in [3.05, 3.63) is 44.9 Å². The number of ether oxygens (including phenoxy) is 1. The third-order valence-corrected chi connectivity index (χ3v) is 4.83. The van der Waals surface area contributed by atoms with Gasteiger partial charge in [0.25, 0.3) is 5.91 Å². The topological polar surface area (TPSA) is 97.4 Å². The van der Waals surface area contributed by atoms with Gasteiger partial charge in [-0.05, 0) is 38.1 Å². The van der Waals surface area contributed by atoms with Crippen molar-refractivity contribution < 1.29 is 19.1 Å². The molecule has 0 radical (unpaired) electrons. The number of nitrogens with zero attached hydrogens (tertiary/aromatic N) is 1. The first-order valence-corrected chi connectivity index (χ1v) is 9.49. The third kappa shape index (κ3) is 5.63. The summed E-state index contributed by atoms with van der Waals surface area (Å²) < 4.78 is 5.82. The first kappa shape index (κ1) is 20.1. The fourth-order valence-electron chi connectivity index (χ4n) is 2.01. The van der Waals surface area contributed by atoms with Crippen LogP contribution in [0.4, 0.5) is 5.13 Å². The van der Waals surface area contributed by atoms with E-state index in [0.29, 0.717) is 21.3 Å². The molecule has 0 saturated heterocycles. The number of thiazole rings is 1. The van der Waals surface area contributed by atoms with Crippen LogP contribution in [-0.4, -0.2) is 35.9 Å². The predicted molar refractivity (Wildman–Crippen MR) is 103 cm³/mol. The number of amides is 2. The van der Waals surface area contributed by atoms with E-state index in [0.717, 1.165) is 15.8 Å². The molecule has 0 bridgehead atoms. The molecule has 26 heavy (non-hydrogen) atoms. The van der Waals surface area contributed by atoms with Crippen molar-refractivity contribution in [3.63, 3.8) is 0 Å². The summed E-state index contributed by atoms with van der Waals surface area (Å²) in [7, 11) is 0. The molecule has 0 saturated carbocycles. The zero-order valence-electron chi connectivity index (χ0n) is 14.3. The van der Waals surface area contributed by atoms with Crippen LogP contribution < -0.4 is 10.6 Å². The minimum atomic E-state index is -0.454. The van der Waals surface area contributed by atoms with Gasteiger partial charge in [-0.3, -0.25) is 9.59 Å². The number of benzene rings is 1. The van der Waals surface area contributed by atoms with E-state index in [-0.39, 0.29) is 31.4 Å². The quantitative estimate of drug-likeness (QED) is 0.645. The number of anilines is 1. The van der Waals surface area contributed by atoms with Gasteiger partial charge in [-0.1, -0.05) is 27.3 Å². The zero-order chi connectivity index (χ0) is 19.1. The zero-order valence-corrected chi connectivity index (χ0v) is 16.7. The van der Waals surface area contributed by atoms with Gasteiger partial charge in [-0.25, -0.2) is 9.78 Å². The van der Waals surface area contributed by atoms with Gasteiger partial charge in [0.15, 0.2) is 5.13 Å². The third-order valence-electron chi connectivity index (χ3n) is 3.25. The van der Waals surface area contributed by atoms with Gasteiger partial charge in [0.1, 0.15) is 4.88 Å². The van der Waals surface area contributed by atoms with Crippen LogP contribution in [-0.2, 0) is 9.53 Å². The number of carbonyl (C=O) groups excluding carboxylic acids is 3. The maximum atomic E-state index is 12.0. The van der Waals surface area contributed by atoms with Crippen molar-refractivity contribution in [3.8, 4) is 0 Å². The first-order valence-electron chi connectivity index (χ1n) is 7.89. The Balaban J connectivity index is 1.82. The molecule has 0 aliphatic rings. The van der Waals surface area contributed by atoms with Crippen LogP contribution in [0.2, 0.25) is 0 Å². The summed E-state index contributed by atoms with van der Waals surface area (Å²) in [4.78, 5) is 40.2. The lowest BCUT2D eigenvalue weighted by atomic mass is 10.2. The average Bonchev–Trinajstić information content (AvgIpc) is 2.96. The lowest BCUT2D eigenvalue weighted by Gasteiger charge is -2.05. The van der Waals surface area contributed by atoms with Crippen LogP contribution in [0.1, 0.15) is 39.1 Å². The summed E-state index contributed by atoms with van der Waals surface area (Å²) in [5.74, 6) is -1.00. The molecule has 1 aromatic carbocycles. The monoisotopic (exact) mass is 439 g/mol. The summed E-state index contributed by atoms with van der Waals surface area (Å²) >= 11 is 4.37. The maximum Gasteiger partial charge on any atom is 0.350 e. The molecule has 138 valence electrons. The molecule has 0 spiro atoms. The molecule has 9 heteroatoms. The Morgan fingerprint density at radius 2 is 1.92 bits per heavy atom. The molecule has 2 N–H and O–H groups in total. The Labute approximate surface area is 163 Å². The molecule has 0 aliphatic carbocycles. The van der Waals surface area contributed by atoms with E-state index in [2.05, 4.69) is 31.5 Å². The number of hydrogen-bond acceptors (Lipinski definition) is 6. The first-order chi connectivity index (χ1) is 12.4. The Kier molecular flexibility index (Phi) is 7.28. The van der Waals surface area contributed by atoms with Crippen molar-refractivity contribution in [1.82, 2.24) is 10.3 Å². The highest BCUT2D eigenvalue weighted by Gasteiger charge is 2.17. The second-order valence-corrected chi connectivity index (χ2v) is 7.13. The van der Waals surface area contributed by atoms with E-state index in [1.807, 2.05) is 0 Å². The summed E-state index contributed by atoms with van der Waals surface area (Å²) in [6, 6.07) is 6.92. The van der Waals surface area contributed by atoms with Gasteiger partial charge in [0.2, 0.25) is 5.91 Å². The van der Waals surface area contributed by atoms with Crippen LogP contribution in [0.3, 0.4) is 0 Å². The SMILES string of the molecule is CCOC(=O)c1sc(NC(=O)CCNC(=O)c2ccc(Br)cc2)nc1C. The number of esters is 1. The fourth-order valence-corrected chi connectivity index (χ4v) is 3.15. The van der Waals surface area contributed by atoms with E-state index in [1.165, 1.54) is 0 Å². The highest BCUT2D eigenvalue weighted by molar-refractivity contribution is 9.10. The molecule has 2 amide bonds. The smallest absolute Gasteiger partial charge is 0.350 e. The summed E-state index contributed by atoms with van der Waals surface area (Å²) in [5, 5.41) is 5.63.